The van der Waals surface area contributed by atoms with Crippen molar-refractivity contribution in [3.8, 4) is 0 Å². The predicted molar refractivity (Wildman–Crippen MR) is 124 cm³/mol. The van der Waals surface area contributed by atoms with Crippen LogP contribution in [0.25, 0.3) is 0 Å². The van der Waals surface area contributed by atoms with E-state index < -0.39 is 56.9 Å². The molecule has 2 aromatic carbocycles. The molecular formula is C25H27F6NO4S. The zero-order chi connectivity index (χ0) is 27.8. The van der Waals surface area contributed by atoms with Gasteiger partial charge >= 0.3 is 12.4 Å². The monoisotopic (exact) mass is 551 g/mol. The second-order valence-electron chi connectivity index (χ2n) is 9.51. The lowest BCUT2D eigenvalue weighted by Gasteiger charge is -2.30. The summed E-state index contributed by atoms with van der Waals surface area (Å²) in [6.45, 7) is 4.01. The molecule has 0 bridgehead atoms. The number of nitrogens with zero attached hydrogens (tertiary/aromatic N) is 1. The normalized spacial score (nSPS) is 18.9. The number of hydrogen-bond acceptors (Lipinski definition) is 4. The number of hydrogen-bond donors (Lipinski definition) is 0. The highest BCUT2D eigenvalue weighted by molar-refractivity contribution is 7.85. The molecule has 1 atom stereocenters. The molecule has 0 radical (unpaired) electrons. The van der Waals surface area contributed by atoms with E-state index in [-0.39, 0.29) is 32.2 Å². The summed E-state index contributed by atoms with van der Waals surface area (Å²) in [6.07, 6.45) is -9.07. The van der Waals surface area contributed by atoms with E-state index in [4.69, 9.17) is 4.18 Å². The Morgan fingerprint density at radius 2 is 1.57 bits per heavy atom. The zero-order valence-corrected chi connectivity index (χ0v) is 21.3. The van der Waals surface area contributed by atoms with Crippen LogP contribution in [0.2, 0.25) is 0 Å². The van der Waals surface area contributed by atoms with E-state index in [1.807, 2.05) is 32.0 Å². The summed E-state index contributed by atoms with van der Waals surface area (Å²) in [4.78, 5) is 14.4. The molecule has 37 heavy (non-hydrogen) atoms. The fourth-order valence-electron chi connectivity index (χ4n) is 4.54. The quantitative estimate of drug-likeness (QED) is 0.341. The minimum absolute atomic E-state index is 0.0242. The molecule has 1 saturated heterocycles. The molecule has 5 nitrogen and oxygen atoms in total. The fraction of sp³-hybridized carbons (Fsp3) is 0.480. The molecule has 3 rings (SSSR count). The number of carbonyl (C=O) groups excluding carboxylic acids is 1. The number of carbonyl (C=O) groups is 1. The highest BCUT2D eigenvalue weighted by Gasteiger charge is 2.42. The van der Waals surface area contributed by atoms with Gasteiger partial charge in [-0.25, -0.2) is 0 Å². The Balaban J connectivity index is 1.87. The molecule has 1 aliphatic heterocycles. The molecule has 2 aromatic rings. The first-order chi connectivity index (χ1) is 16.9. The SMILES string of the molecule is Cc1ccc(C2(CCOS(C)(=O)=O)CCN(C(=O)Cc3cc(C(F)(F)F)cc(C(F)(F)F)c3)C2)cc1C. The van der Waals surface area contributed by atoms with Gasteiger partial charge < -0.3 is 4.90 Å². The molecule has 204 valence electrons. The third-order valence-corrected chi connectivity index (χ3v) is 7.30. The van der Waals surface area contributed by atoms with Crippen LogP contribution in [-0.2, 0) is 43.3 Å². The van der Waals surface area contributed by atoms with Gasteiger partial charge in [0, 0.05) is 18.5 Å². The first-order valence-corrected chi connectivity index (χ1v) is 13.2. The molecule has 1 aliphatic rings. The molecule has 0 N–H and O–H groups in total. The van der Waals surface area contributed by atoms with Crippen LogP contribution in [0.5, 0.6) is 0 Å². The van der Waals surface area contributed by atoms with Gasteiger partial charge in [-0.3, -0.25) is 8.98 Å². The lowest BCUT2D eigenvalue weighted by Crippen LogP contribution is -2.36. The molecule has 0 saturated carbocycles. The van der Waals surface area contributed by atoms with Gasteiger partial charge in [0.2, 0.25) is 5.91 Å². The molecule has 0 aromatic heterocycles. The second kappa shape index (κ2) is 10.3. The van der Waals surface area contributed by atoms with Crippen LogP contribution < -0.4 is 0 Å². The lowest BCUT2D eigenvalue weighted by molar-refractivity contribution is -0.143. The minimum atomic E-state index is -5.01. The number of likely N-dealkylation sites (tertiary alicyclic amines) is 1. The highest BCUT2D eigenvalue weighted by atomic mass is 32.2. The lowest BCUT2D eigenvalue weighted by atomic mass is 9.76. The molecule has 1 fully saturated rings. The number of rotatable bonds is 7. The van der Waals surface area contributed by atoms with Crippen molar-refractivity contribution in [2.75, 3.05) is 26.0 Å². The van der Waals surface area contributed by atoms with E-state index in [2.05, 4.69) is 0 Å². The number of aryl methyl sites for hydroxylation is 2. The number of halogens is 6. The van der Waals surface area contributed by atoms with Crippen molar-refractivity contribution >= 4 is 16.0 Å². The Morgan fingerprint density at radius 1 is 0.973 bits per heavy atom. The Hall–Kier alpha value is -2.60. The molecule has 0 spiro atoms. The van der Waals surface area contributed by atoms with Crippen molar-refractivity contribution in [2.45, 2.75) is 50.9 Å². The third kappa shape index (κ3) is 7.25. The van der Waals surface area contributed by atoms with Crippen LogP contribution >= 0.6 is 0 Å². The predicted octanol–water partition coefficient (Wildman–Crippen LogP) is 5.42. The zero-order valence-electron chi connectivity index (χ0n) is 20.5. The van der Waals surface area contributed by atoms with E-state index in [1.54, 1.807) is 0 Å². The maximum absolute atomic E-state index is 13.2. The average molecular weight is 552 g/mol. The van der Waals surface area contributed by atoms with Crippen molar-refractivity contribution in [3.63, 3.8) is 0 Å². The average Bonchev–Trinajstić information content (AvgIpc) is 3.19. The van der Waals surface area contributed by atoms with Crippen LogP contribution in [0.15, 0.2) is 36.4 Å². The van der Waals surface area contributed by atoms with E-state index >= 15 is 0 Å². The maximum atomic E-state index is 13.2. The number of benzene rings is 2. The maximum Gasteiger partial charge on any atom is 0.416 e. The highest BCUT2D eigenvalue weighted by Crippen LogP contribution is 2.40. The van der Waals surface area contributed by atoms with E-state index in [9.17, 15) is 39.6 Å². The molecule has 12 heteroatoms. The largest absolute Gasteiger partial charge is 0.416 e. The van der Waals surface area contributed by atoms with Gasteiger partial charge in [0.15, 0.2) is 0 Å². The van der Waals surface area contributed by atoms with Crippen LogP contribution in [0.1, 0.15) is 46.2 Å². The van der Waals surface area contributed by atoms with E-state index in [1.165, 1.54) is 4.90 Å². The van der Waals surface area contributed by atoms with Gasteiger partial charge in [-0.2, -0.15) is 34.8 Å². The molecule has 0 aliphatic carbocycles. The first kappa shape index (κ1) is 29.0. The number of alkyl halides is 6. The first-order valence-electron chi connectivity index (χ1n) is 11.4. The molecular weight excluding hydrogens is 524 g/mol. The summed E-state index contributed by atoms with van der Waals surface area (Å²) in [5, 5.41) is 0. The Morgan fingerprint density at radius 3 is 2.08 bits per heavy atom. The van der Waals surface area contributed by atoms with Crippen molar-refractivity contribution in [1.82, 2.24) is 4.90 Å². The van der Waals surface area contributed by atoms with Gasteiger partial charge in [-0.1, -0.05) is 18.2 Å². The van der Waals surface area contributed by atoms with Gasteiger partial charge in [-0.15, -0.1) is 0 Å². The van der Waals surface area contributed by atoms with Gasteiger partial charge in [0.25, 0.3) is 10.1 Å². The van der Waals surface area contributed by atoms with Crippen LogP contribution in [0, 0.1) is 13.8 Å². The Labute approximate surface area is 211 Å². The van der Waals surface area contributed by atoms with Gasteiger partial charge in [-0.05, 0) is 67.1 Å². The van der Waals surface area contributed by atoms with Crippen molar-refractivity contribution in [2.24, 2.45) is 0 Å². The summed E-state index contributed by atoms with van der Waals surface area (Å²) in [5.41, 5.74) is -1.18. The summed E-state index contributed by atoms with van der Waals surface area (Å²) in [7, 11) is -3.71. The topological polar surface area (TPSA) is 63.7 Å². The standard InChI is InChI=1S/C25H27F6NO4S/c1-16-4-5-19(10-17(16)2)23(7-9-36-37(3,34)35)6-8-32(15-23)22(33)13-18-11-20(24(26,27)28)14-21(12-18)25(29,30)31/h4-5,10-12,14H,6-9,13,15H2,1-3H3. The minimum Gasteiger partial charge on any atom is -0.341 e. The third-order valence-electron chi connectivity index (χ3n) is 6.71. The van der Waals surface area contributed by atoms with Crippen LogP contribution in [0.4, 0.5) is 26.3 Å². The van der Waals surface area contributed by atoms with Gasteiger partial charge in [0.1, 0.15) is 0 Å². The summed E-state index contributed by atoms with van der Waals surface area (Å²) >= 11 is 0. The summed E-state index contributed by atoms with van der Waals surface area (Å²) < 4.78 is 107. The van der Waals surface area contributed by atoms with Crippen molar-refractivity contribution < 1.29 is 43.7 Å². The van der Waals surface area contributed by atoms with Crippen LogP contribution in [-0.4, -0.2) is 45.2 Å². The Kier molecular flexibility index (Phi) is 8.05. The van der Waals surface area contributed by atoms with Crippen molar-refractivity contribution in [3.05, 3.63) is 69.8 Å². The van der Waals surface area contributed by atoms with Crippen LogP contribution in [0.3, 0.4) is 0 Å². The number of amides is 1. The van der Waals surface area contributed by atoms with Crippen molar-refractivity contribution in [1.29, 1.82) is 0 Å². The van der Waals surface area contributed by atoms with Gasteiger partial charge in [0.05, 0.1) is 30.4 Å². The molecule has 1 heterocycles. The van der Waals surface area contributed by atoms with E-state index in [0.717, 1.165) is 22.9 Å². The Bertz CT molecular complexity index is 1240. The summed E-state index contributed by atoms with van der Waals surface area (Å²) in [6, 6.07) is 6.84. The molecule has 1 amide bonds. The summed E-state index contributed by atoms with van der Waals surface area (Å²) in [5.74, 6) is -0.623. The smallest absolute Gasteiger partial charge is 0.341 e. The fourth-order valence-corrected chi connectivity index (χ4v) is 4.92. The van der Waals surface area contributed by atoms with E-state index in [0.29, 0.717) is 18.6 Å². The second-order valence-corrected chi connectivity index (χ2v) is 11.2. The molecule has 1 unspecified atom stereocenters.